The largest absolute Gasteiger partial charge is 0.376 e. The summed E-state index contributed by atoms with van der Waals surface area (Å²) in [6.07, 6.45) is 8.30. The van der Waals surface area contributed by atoms with E-state index in [0.717, 1.165) is 19.3 Å². The van der Waals surface area contributed by atoms with Gasteiger partial charge in [0, 0.05) is 21.3 Å². The van der Waals surface area contributed by atoms with E-state index in [1.165, 1.54) is 10.8 Å². The molecule has 0 spiro atoms. The quantitative estimate of drug-likeness (QED) is 0.265. The smallest absolute Gasteiger partial charge is 0.186 e. The third kappa shape index (κ3) is 5.30. The van der Waals surface area contributed by atoms with Crippen molar-refractivity contribution in [3.05, 3.63) is 12.2 Å². The highest BCUT2D eigenvalue weighted by Crippen LogP contribution is 2.29. The number of ether oxygens (including phenoxy) is 4. The van der Waals surface area contributed by atoms with E-state index in [4.69, 9.17) is 18.9 Å². The summed E-state index contributed by atoms with van der Waals surface area (Å²) in [4.78, 5) is 0. The van der Waals surface area contributed by atoms with Gasteiger partial charge in [0.2, 0.25) is 0 Å². The first-order valence-electron chi connectivity index (χ1n) is 6.73. The number of hydrogen-bond donors (Lipinski definition) is 0. The van der Waals surface area contributed by atoms with Crippen LogP contribution in [-0.4, -0.2) is 50.4 Å². The Hall–Kier alpha value is 0.310. The Morgan fingerprint density at radius 1 is 1.00 bits per heavy atom. The molecule has 0 saturated carbocycles. The molecular weight excluding hydrogens is 359 g/mol. The van der Waals surface area contributed by atoms with Crippen molar-refractivity contribution in [2.45, 2.75) is 50.3 Å². The van der Waals surface area contributed by atoms with Crippen molar-refractivity contribution in [3.8, 4) is 0 Å². The zero-order chi connectivity index (χ0) is 14.1. The van der Waals surface area contributed by atoms with Crippen molar-refractivity contribution in [2.75, 3.05) is 25.8 Å². The van der Waals surface area contributed by atoms with Crippen LogP contribution >= 0.6 is 22.6 Å². The highest BCUT2D eigenvalue weighted by atomic mass is 127. The van der Waals surface area contributed by atoms with E-state index in [2.05, 4.69) is 34.7 Å². The Balaban J connectivity index is 2.38. The van der Waals surface area contributed by atoms with Gasteiger partial charge >= 0.3 is 0 Å². The number of allylic oxidation sites excluding steroid dienone is 2. The molecule has 0 amide bonds. The lowest BCUT2D eigenvalue weighted by Gasteiger charge is -2.20. The fourth-order valence-corrected chi connectivity index (χ4v) is 2.78. The van der Waals surface area contributed by atoms with Gasteiger partial charge in [-0.2, -0.15) is 0 Å². The standard InChI is InChI=1S/C14H25IO4/c1-16-12-11(9-7-5-4-6-8-10-15)19-14(18-3)13(12)17-2/h4-5,11-14H,6-10H2,1-3H3/b5-4-. The van der Waals surface area contributed by atoms with Gasteiger partial charge in [0.05, 0.1) is 6.10 Å². The molecule has 112 valence electrons. The average molecular weight is 384 g/mol. The highest BCUT2D eigenvalue weighted by molar-refractivity contribution is 14.1. The Bertz CT molecular complexity index is 260. The Morgan fingerprint density at radius 2 is 1.68 bits per heavy atom. The third-order valence-corrected chi connectivity index (χ3v) is 4.10. The van der Waals surface area contributed by atoms with E-state index in [9.17, 15) is 0 Å². The topological polar surface area (TPSA) is 36.9 Å². The Morgan fingerprint density at radius 3 is 2.26 bits per heavy atom. The maximum Gasteiger partial charge on any atom is 0.186 e. The van der Waals surface area contributed by atoms with Crippen molar-refractivity contribution in [1.82, 2.24) is 0 Å². The lowest BCUT2D eigenvalue weighted by molar-refractivity contribution is -0.156. The molecule has 0 aromatic carbocycles. The second kappa shape index (κ2) is 10.1. The second-order valence-electron chi connectivity index (χ2n) is 4.56. The van der Waals surface area contributed by atoms with Gasteiger partial charge in [-0.05, 0) is 30.1 Å². The van der Waals surface area contributed by atoms with Crippen LogP contribution in [0.5, 0.6) is 0 Å². The monoisotopic (exact) mass is 384 g/mol. The fraction of sp³-hybridized carbons (Fsp3) is 0.857. The van der Waals surface area contributed by atoms with Crippen molar-refractivity contribution < 1.29 is 18.9 Å². The van der Waals surface area contributed by atoms with Gasteiger partial charge in [-0.3, -0.25) is 0 Å². The number of unbranched alkanes of at least 4 members (excludes halogenated alkanes) is 1. The van der Waals surface area contributed by atoms with Gasteiger partial charge in [0.1, 0.15) is 12.2 Å². The van der Waals surface area contributed by atoms with Crippen LogP contribution in [0.2, 0.25) is 0 Å². The average Bonchev–Trinajstić information content (AvgIpc) is 2.79. The molecule has 4 atom stereocenters. The molecule has 0 radical (unpaired) electrons. The second-order valence-corrected chi connectivity index (χ2v) is 5.64. The van der Waals surface area contributed by atoms with Crippen LogP contribution in [-0.2, 0) is 18.9 Å². The molecule has 4 unspecified atom stereocenters. The lowest BCUT2D eigenvalue weighted by atomic mass is 10.1. The van der Waals surface area contributed by atoms with Gasteiger partial charge < -0.3 is 18.9 Å². The SMILES string of the molecule is COC1OC(CC/C=C\CCCI)C(OC)C1OC. The zero-order valence-corrected chi connectivity index (χ0v) is 14.2. The van der Waals surface area contributed by atoms with Gasteiger partial charge in [-0.15, -0.1) is 0 Å². The van der Waals surface area contributed by atoms with E-state index in [-0.39, 0.29) is 24.6 Å². The summed E-state index contributed by atoms with van der Waals surface area (Å²) >= 11 is 2.40. The Labute approximate surface area is 130 Å². The highest BCUT2D eigenvalue weighted by Gasteiger charge is 2.45. The minimum absolute atomic E-state index is 0.0362. The van der Waals surface area contributed by atoms with Crippen LogP contribution in [0.4, 0.5) is 0 Å². The molecule has 5 heteroatoms. The predicted octanol–water partition coefficient (Wildman–Crippen LogP) is 2.94. The maximum atomic E-state index is 5.84. The summed E-state index contributed by atoms with van der Waals surface area (Å²) in [5, 5.41) is 0. The summed E-state index contributed by atoms with van der Waals surface area (Å²) in [6, 6.07) is 0. The fourth-order valence-electron chi connectivity index (χ4n) is 2.34. The van der Waals surface area contributed by atoms with Gasteiger partial charge in [-0.1, -0.05) is 34.7 Å². The first kappa shape index (κ1) is 17.4. The maximum absolute atomic E-state index is 5.84. The zero-order valence-electron chi connectivity index (χ0n) is 12.0. The van der Waals surface area contributed by atoms with Crippen molar-refractivity contribution in [1.29, 1.82) is 0 Å². The summed E-state index contributed by atoms with van der Waals surface area (Å²) in [5.41, 5.74) is 0. The molecular formula is C14H25IO4. The summed E-state index contributed by atoms with van der Waals surface area (Å²) < 4.78 is 23.3. The molecule has 0 aromatic heterocycles. The van der Waals surface area contributed by atoms with Crippen LogP contribution < -0.4 is 0 Å². The van der Waals surface area contributed by atoms with Crippen LogP contribution in [0, 0.1) is 0 Å². The predicted molar refractivity (Wildman–Crippen MR) is 83.8 cm³/mol. The summed E-state index contributed by atoms with van der Waals surface area (Å²) in [7, 11) is 5.00. The van der Waals surface area contributed by atoms with Gasteiger partial charge in [0.25, 0.3) is 0 Å². The molecule has 1 rings (SSSR count). The molecule has 4 nitrogen and oxygen atoms in total. The number of hydrogen-bond acceptors (Lipinski definition) is 4. The molecule has 1 aliphatic rings. The molecule has 0 aromatic rings. The van der Waals surface area contributed by atoms with Crippen LogP contribution in [0.25, 0.3) is 0 Å². The first-order valence-corrected chi connectivity index (χ1v) is 8.25. The molecule has 19 heavy (non-hydrogen) atoms. The lowest BCUT2D eigenvalue weighted by Crippen LogP contribution is -2.36. The molecule has 1 aliphatic heterocycles. The van der Waals surface area contributed by atoms with E-state index < -0.39 is 0 Å². The normalized spacial score (nSPS) is 31.4. The number of alkyl halides is 1. The number of methoxy groups -OCH3 is 3. The van der Waals surface area contributed by atoms with Crippen molar-refractivity contribution in [3.63, 3.8) is 0 Å². The number of rotatable bonds is 9. The molecule has 0 N–H and O–H groups in total. The van der Waals surface area contributed by atoms with Crippen LogP contribution in [0.15, 0.2) is 12.2 Å². The number of halogens is 1. The third-order valence-electron chi connectivity index (χ3n) is 3.33. The van der Waals surface area contributed by atoms with Crippen molar-refractivity contribution in [2.24, 2.45) is 0 Å². The van der Waals surface area contributed by atoms with E-state index in [1.807, 2.05) is 0 Å². The summed E-state index contributed by atoms with van der Waals surface area (Å²) in [6.45, 7) is 0. The minimum atomic E-state index is -0.331. The van der Waals surface area contributed by atoms with Gasteiger partial charge in [-0.25, -0.2) is 0 Å². The first-order chi connectivity index (χ1) is 9.28. The molecule has 0 bridgehead atoms. The van der Waals surface area contributed by atoms with Crippen molar-refractivity contribution >= 4 is 22.6 Å². The summed E-state index contributed by atoms with van der Waals surface area (Å²) in [5.74, 6) is 0. The van der Waals surface area contributed by atoms with Crippen LogP contribution in [0.3, 0.4) is 0 Å². The van der Waals surface area contributed by atoms with Gasteiger partial charge in [0.15, 0.2) is 6.29 Å². The molecule has 0 aliphatic carbocycles. The van der Waals surface area contributed by atoms with E-state index in [1.54, 1.807) is 21.3 Å². The molecule has 1 heterocycles. The van der Waals surface area contributed by atoms with E-state index >= 15 is 0 Å². The minimum Gasteiger partial charge on any atom is -0.376 e. The Kier molecular flexibility index (Phi) is 9.23. The van der Waals surface area contributed by atoms with E-state index in [0.29, 0.717) is 0 Å². The molecule has 1 fully saturated rings. The van der Waals surface area contributed by atoms with Crippen LogP contribution in [0.1, 0.15) is 25.7 Å². The molecule has 1 saturated heterocycles.